The Bertz CT molecular complexity index is 481. The normalized spacial score (nSPS) is 22.1. The van der Waals surface area contributed by atoms with Gasteiger partial charge in [-0.1, -0.05) is 4.68 Å². The Balaban J connectivity index is 2.05. The highest BCUT2D eigenvalue weighted by atomic mass is 16.4. The fourth-order valence-corrected chi connectivity index (χ4v) is 1.79. The van der Waals surface area contributed by atoms with Crippen molar-refractivity contribution in [1.82, 2.24) is 5.10 Å². The number of carboxylic acids is 1. The molecule has 0 bridgehead atoms. The van der Waals surface area contributed by atoms with E-state index in [0.717, 1.165) is 5.56 Å². The SMILES string of the molecule is CC1N=CC=NC1c1cc[n+](CCC(=O)O)nc1. The van der Waals surface area contributed by atoms with E-state index >= 15 is 0 Å². The molecule has 0 saturated carbocycles. The van der Waals surface area contributed by atoms with E-state index in [9.17, 15) is 4.79 Å². The zero-order valence-corrected chi connectivity index (χ0v) is 10.1. The van der Waals surface area contributed by atoms with E-state index in [1.807, 2.05) is 13.0 Å². The quantitative estimate of drug-likeness (QED) is 0.783. The van der Waals surface area contributed by atoms with E-state index in [4.69, 9.17) is 5.11 Å². The van der Waals surface area contributed by atoms with Crippen LogP contribution in [0.3, 0.4) is 0 Å². The van der Waals surface area contributed by atoms with Crippen molar-refractivity contribution in [3.8, 4) is 0 Å². The second-order valence-electron chi connectivity index (χ2n) is 4.15. The number of nitrogens with zero attached hydrogens (tertiary/aromatic N) is 4. The Morgan fingerprint density at radius 2 is 2.22 bits per heavy atom. The number of rotatable bonds is 4. The molecule has 94 valence electrons. The van der Waals surface area contributed by atoms with Crippen LogP contribution in [-0.4, -0.2) is 34.6 Å². The number of aliphatic carboxylic acids is 1. The molecule has 6 nitrogen and oxygen atoms in total. The van der Waals surface area contributed by atoms with Crippen LogP contribution in [-0.2, 0) is 11.3 Å². The standard InChI is InChI=1S/C12H14N4O2/c1-9-12(14-5-4-13-9)10-2-6-16(15-8-10)7-3-11(17)18/h2,4-6,8-9,12H,3,7H2,1H3/p+1. The summed E-state index contributed by atoms with van der Waals surface area (Å²) in [5, 5.41) is 12.8. The zero-order chi connectivity index (χ0) is 13.0. The second-order valence-corrected chi connectivity index (χ2v) is 4.15. The Morgan fingerprint density at radius 3 is 2.83 bits per heavy atom. The summed E-state index contributed by atoms with van der Waals surface area (Å²) >= 11 is 0. The third-order valence-electron chi connectivity index (χ3n) is 2.78. The molecule has 2 heterocycles. The Morgan fingerprint density at radius 1 is 1.44 bits per heavy atom. The highest BCUT2D eigenvalue weighted by Crippen LogP contribution is 2.23. The highest BCUT2D eigenvalue weighted by Gasteiger charge is 2.20. The minimum atomic E-state index is -0.826. The summed E-state index contributed by atoms with van der Waals surface area (Å²) in [4.78, 5) is 19.1. The molecule has 0 aromatic carbocycles. The minimum Gasteiger partial charge on any atom is -0.481 e. The molecule has 2 rings (SSSR count). The van der Waals surface area contributed by atoms with Gasteiger partial charge in [0.2, 0.25) is 0 Å². The van der Waals surface area contributed by atoms with Crippen molar-refractivity contribution in [2.45, 2.75) is 32.0 Å². The van der Waals surface area contributed by atoms with Crippen molar-refractivity contribution in [3.63, 3.8) is 0 Å². The maximum atomic E-state index is 10.5. The second kappa shape index (κ2) is 5.48. The lowest BCUT2D eigenvalue weighted by Gasteiger charge is -2.18. The molecule has 0 radical (unpaired) electrons. The Labute approximate surface area is 105 Å². The van der Waals surface area contributed by atoms with Crippen molar-refractivity contribution in [2.24, 2.45) is 9.98 Å². The third kappa shape index (κ3) is 2.97. The predicted molar refractivity (Wildman–Crippen MR) is 65.9 cm³/mol. The summed E-state index contributed by atoms with van der Waals surface area (Å²) in [6, 6.07) is 2.01. The lowest BCUT2D eigenvalue weighted by atomic mass is 10.0. The first kappa shape index (κ1) is 12.3. The van der Waals surface area contributed by atoms with Crippen LogP contribution in [0.15, 0.2) is 28.4 Å². The molecule has 0 saturated heterocycles. The van der Waals surface area contributed by atoms with Crippen molar-refractivity contribution in [2.75, 3.05) is 0 Å². The third-order valence-corrected chi connectivity index (χ3v) is 2.78. The van der Waals surface area contributed by atoms with Crippen LogP contribution in [0.1, 0.15) is 24.9 Å². The van der Waals surface area contributed by atoms with Crippen LogP contribution in [0.25, 0.3) is 0 Å². The largest absolute Gasteiger partial charge is 0.481 e. The lowest BCUT2D eigenvalue weighted by molar-refractivity contribution is -0.753. The summed E-state index contributed by atoms with van der Waals surface area (Å²) < 4.78 is 1.61. The number of aryl methyl sites for hydroxylation is 1. The van der Waals surface area contributed by atoms with Gasteiger partial charge in [0.25, 0.3) is 0 Å². The molecule has 6 heteroatoms. The van der Waals surface area contributed by atoms with Gasteiger partial charge in [0.1, 0.15) is 6.42 Å². The molecule has 1 aliphatic heterocycles. The first-order chi connectivity index (χ1) is 8.66. The van der Waals surface area contributed by atoms with Crippen molar-refractivity contribution >= 4 is 18.4 Å². The van der Waals surface area contributed by atoms with Gasteiger partial charge in [-0.05, 0) is 12.0 Å². The van der Waals surface area contributed by atoms with Crippen molar-refractivity contribution < 1.29 is 14.6 Å². The molecule has 2 atom stereocenters. The van der Waals surface area contributed by atoms with E-state index in [1.165, 1.54) is 0 Å². The van der Waals surface area contributed by atoms with Crippen molar-refractivity contribution in [3.05, 3.63) is 24.0 Å². The minimum absolute atomic E-state index is 0.00313. The molecule has 0 fully saturated rings. The summed E-state index contributed by atoms with van der Waals surface area (Å²) in [6.07, 6.45) is 6.96. The molecule has 1 N–H and O–H groups in total. The zero-order valence-electron chi connectivity index (χ0n) is 10.1. The van der Waals surface area contributed by atoms with Gasteiger partial charge >= 0.3 is 5.97 Å². The first-order valence-electron chi connectivity index (χ1n) is 5.79. The molecule has 18 heavy (non-hydrogen) atoms. The lowest BCUT2D eigenvalue weighted by Crippen LogP contribution is -2.38. The summed E-state index contributed by atoms with van der Waals surface area (Å²) in [6.45, 7) is 2.38. The van der Waals surface area contributed by atoms with E-state index < -0.39 is 5.97 Å². The van der Waals surface area contributed by atoms with Gasteiger partial charge in [-0.2, -0.15) is 0 Å². The average Bonchev–Trinajstić information content (AvgIpc) is 2.38. The fraction of sp³-hybridized carbons (Fsp3) is 0.417. The number of hydrogen-bond acceptors (Lipinski definition) is 4. The van der Waals surface area contributed by atoms with Gasteiger partial charge < -0.3 is 5.11 Å². The molecule has 0 amide bonds. The average molecular weight is 247 g/mol. The molecule has 1 aromatic heterocycles. The van der Waals surface area contributed by atoms with Gasteiger partial charge in [0.05, 0.1) is 18.3 Å². The van der Waals surface area contributed by atoms with Gasteiger partial charge in [-0.3, -0.25) is 14.8 Å². The van der Waals surface area contributed by atoms with E-state index in [1.54, 1.807) is 29.5 Å². The topological polar surface area (TPSA) is 78.8 Å². The molecular formula is C12H15N4O2+. The first-order valence-corrected chi connectivity index (χ1v) is 5.79. The number of hydrogen-bond donors (Lipinski definition) is 1. The molecular weight excluding hydrogens is 232 g/mol. The monoisotopic (exact) mass is 247 g/mol. The van der Waals surface area contributed by atoms with Crippen LogP contribution in [0.5, 0.6) is 0 Å². The fourth-order valence-electron chi connectivity index (χ4n) is 1.79. The maximum Gasteiger partial charge on any atom is 0.309 e. The Hall–Kier alpha value is -2.11. The molecule has 1 aromatic rings. The number of carbonyl (C=O) groups is 1. The maximum absolute atomic E-state index is 10.5. The summed E-state index contributed by atoms with van der Waals surface area (Å²) in [7, 11) is 0. The smallest absolute Gasteiger partial charge is 0.309 e. The van der Waals surface area contributed by atoms with E-state index in [0.29, 0.717) is 6.54 Å². The number of carboxylic acid groups (broad SMARTS) is 1. The van der Waals surface area contributed by atoms with Crippen LogP contribution < -0.4 is 4.68 Å². The predicted octanol–water partition coefficient (Wildman–Crippen LogP) is 0.429. The number of aromatic nitrogens is 2. The Kier molecular flexibility index (Phi) is 3.76. The van der Waals surface area contributed by atoms with Crippen LogP contribution in [0, 0.1) is 0 Å². The molecule has 2 unspecified atom stereocenters. The van der Waals surface area contributed by atoms with Gasteiger partial charge in [-0.15, -0.1) is 0 Å². The van der Waals surface area contributed by atoms with Gasteiger partial charge in [-0.25, -0.2) is 0 Å². The van der Waals surface area contributed by atoms with Gasteiger partial charge in [0, 0.05) is 24.1 Å². The van der Waals surface area contributed by atoms with E-state index in [-0.39, 0.29) is 18.5 Å². The summed E-state index contributed by atoms with van der Waals surface area (Å²) in [5.74, 6) is -0.826. The number of aliphatic imine (C=N–C) groups is 2. The van der Waals surface area contributed by atoms with Crippen molar-refractivity contribution in [1.29, 1.82) is 0 Å². The van der Waals surface area contributed by atoms with Crippen LogP contribution in [0.2, 0.25) is 0 Å². The highest BCUT2D eigenvalue weighted by molar-refractivity contribution is 6.16. The van der Waals surface area contributed by atoms with E-state index in [2.05, 4.69) is 15.1 Å². The summed E-state index contributed by atoms with van der Waals surface area (Å²) in [5.41, 5.74) is 0.988. The molecule has 0 spiro atoms. The van der Waals surface area contributed by atoms with Crippen LogP contribution >= 0.6 is 0 Å². The van der Waals surface area contributed by atoms with Gasteiger partial charge in [0.15, 0.2) is 12.7 Å². The molecule has 1 aliphatic rings. The molecule has 0 aliphatic carbocycles. The van der Waals surface area contributed by atoms with Crippen LogP contribution in [0.4, 0.5) is 0 Å².